The summed E-state index contributed by atoms with van der Waals surface area (Å²) in [6.45, 7) is 0.0597. The Labute approximate surface area is 111 Å². The van der Waals surface area contributed by atoms with Crippen LogP contribution in [0.1, 0.15) is 17.8 Å². The zero-order chi connectivity index (χ0) is 13.6. The van der Waals surface area contributed by atoms with Gasteiger partial charge in [0, 0.05) is 0 Å². The molecule has 102 valence electrons. The molecule has 2 rings (SSSR count). The number of aromatic amines is 1. The van der Waals surface area contributed by atoms with Crippen molar-refractivity contribution in [3.8, 4) is 0 Å². The minimum absolute atomic E-state index is 0.0597. The molecular weight excluding hydrogens is 266 g/mol. The first kappa shape index (κ1) is 13.6. The minimum Gasteiger partial charge on any atom is -0.212 e. The summed E-state index contributed by atoms with van der Waals surface area (Å²) < 4.78 is 25.9. The van der Waals surface area contributed by atoms with E-state index in [1.807, 2.05) is 30.3 Å². The van der Waals surface area contributed by atoms with Crippen molar-refractivity contribution in [1.29, 1.82) is 0 Å². The first-order valence-corrected chi connectivity index (χ1v) is 7.54. The zero-order valence-electron chi connectivity index (χ0n) is 10.3. The van der Waals surface area contributed by atoms with Gasteiger partial charge < -0.3 is 0 Å². The van der Waals surface area contributed by atoms with E-state index in [9.17, 15) is 8.42 Å². The highest BCUT2D eigenvalue weighted by molar-refractivity contribution is 7.89. The lowest BCUT2D eigenvalue weighted by molar-refractivity contribution is 0.576. The van der Waals surface area contributed by atoms with E-state index in [0.717, 1.165) is 12.0 Å². The molecule has 1 heterocycles. The Balaban J connectivity index is 1.75. The average Bonchev–Trinajstić information content (AvgIpc) is 2.91. The summed E-state index contributed by atoms with van der Waals surface area (Å²) in [6, 6.07) is 9.79. The highest BCUT2D eigenvalue weighted by Gasteiger charge is 2.11. The van der Waals surface area contributed by atoms with E-state index < -0.39 is 10.0 Å². The fourth-order valence-electron chi connectivity index (χ4n) is 1.62. The zero-order valence-corrected chi connectivity index (χ0v) is 11.1. The number of aromatic nitrogens is 4. The molecule has 0 radical (unpaired) electrons. The molecule has 0 fully saturated rings. The summed E-state index contributed by atoms with van der Waals surface area (Å²) in [5, 5.41) is 13.0. The van der Waals surface area contributed by atoms with Gasteiger partial charge in [-0.2, -0.15) is 5.21 Å². The summed E-state index contributed by atoms with van der Waals surface area (Å²) in [6.07, 6.45) is 1.32. The Bertz CT molecular complexity index is 583. The first-order valence-electron chi connectivity index (χ1n) is 5.89. The van der Waals surface area contributed by atoms with Crippen LogP contribution in [0.25, 0.3) is 0 Å². The number of sulfonamides is 1. The SMILES string of the molecule is O=S(=O)(CCCc1ccccc1)NCc1nn[nH]n1. The molecular formula is C11H15N5O2S. The van der Waals surface area contributed by atoms with E-state index in [4.69, 9.17) is 0 Å². The third-order valence-electron chi connectivity index (χ3n) is 2.56. The molecule has 8 heteroatoms. The number of tetrazole rings is 1. The molecule has 1 aromatic heterocycles. The van der Waals surface area contributed by atoms with Gasteiger partial charge in [0.25, 0.3) is 0 Å². The maximum Gasteiger partial charge on any atom is 0.212 e. The Hall–Kier alpha value is -1.80. The van der Waals surface area contributed by atoms with E-state index in [-0.39, 0.29) is 12.3 Å². The number of rotatable bonds is 7. The van der Waals surface area contributed by atoms with Crippen LogP contribution in [0.2, 0.25) is 0 Å². The van der Waals surface area contributed by atoms with Crippen LogP contribution in [0.5, 0.6) is 0 Å². The molecule has 0 saturated carbocycles. The molecule has 0 spiro atoms. The topological polar surface area (TPSA) is 101 Å². The molecule has 19 heavy (non-hydrogen) atoms. The van der Waals surface area contributed by atoms with Gasteiger partial charge in [-0.3, -0.25) is 0 Å². The van der Waals surface area contributed by atoms with Gasteiger partial charge in [0.15, 0.2) is 5.82 Å². The quantitative estimate of drug-likeness (QED) is 0.757. The van der Waals surface area contributed by atoms with Crippen LogP contribution >= 0.6 is 0 Å². The van der Waals surface area contributed by atoms with Crippen molar-refractivity contribution in [1.82, 2.24) is 25.3 Å². The van der Waals surface area contributed by atoms with Crippen molar-refractivity contribution in [3.05, 3.63) is 41.7 Å². The van der Waals surface area contributed by atoms with E-state index in [1.54, 1.807) is 0 Å². The number of nitrogens with zero attached hydrogens (tertiary/aromatic N) is 3. The summed E-state index contributed by atoms with van der Waals surface area (Å²) >= 11 is 0. The molecule has 0 unspecified atom stereocenters. The Morgan fingerprint density at radius 1 is 1.21 bits per heavy atom. The minimum atomic E-state index is -3.30. The molecule has 0 aliphatic carbocycles. The van der Waals surface area contributed by atoms with Gasteiger partial charge in [-0.1, -0.05) is 35.5 Å². The van der Waals surface area contributed by atoms with E-state index in [2.05, 4.69) is 25.3 Å². The third-order valence-corrected chi connectivity index (χ3v) is 3.97. The largest absolute Gasteiger partial charge is 0.212 e. The van der Waals surface area contributed by atoms with Gasteiger partial charge >= 0.3 is 0 Å². The van der Waals surface area contributed by atoms with Crippen LogP contribution in [-0.4, -0.2) is 34.8 Å². The van der Waals surface area contributed by atoms with E-state index in [0.29, 0.717) is 12.2 Å². The fourth-order valence-corrected chi connectivity index (χ4v) is 2.63. The predicted octanol–water partition coefficient (Wildman–Crippen LogP) is 0.252. The lowest BCUT2D eigenvalue weighted by Crippen LogP contribution is -2.26. The van der Waals surface area contributed by atoms with Crippen molar-refractivity contribution >= 4 is 10.0 Å². The van der Waals surface area contributed by atoms with Crippen LogP contribution < -0.4 is 4.72 Å². The highest BCUT2D eigenvalue weighted by atomic mass is 32.2. The standard InChI is InChI=1S/C11H15N5O2S/c17-19(18,12-9-11-13-15-16-14-11)8-4-7-10-5-2-1-3-6-10/h1-3,5-6,12H,4,7-9H2,(H,13,14,15,16). The number of hydrogen-bond donors (Lipinski definition) is 2. The highest BCUT2D eigenvalue weighted by Crippen LogP contribution is 2.03. The van der Waals surface area contributed by atoms with Crippen LogP contribution in [0, 0.1) is 0 Å². The van der Waals surface area contributed by atoms with Gasteiger partial charge in [-0.15, -0.1) is 10.2 Å². The maximum atomic E-state index is 11.7. The second-order valence-corrected chi connectivity index (χ2v) is 5.98. The van der Waals surface area contributed by atoms with Gasteiger partial charge in [-0.05, 0) is 18.4 Å². The molecule has 0 bridgehead atoms. The van der Waals surface area contributed by atoms with Crippen molar-refractivity contribution < 1.29 is 8.42 Å². The van der Waals surface area contributed by atoms with E-state index >= 15 is 0 Å². The number of aryl methyl sites for hydroxylation is 1. The lowest BCUT2D eigenvalue weighted by atomic mass is 10.1. The summed E-state index contributed by atoms with van der Waals surface area (Å²) in [4.78, 5) is 0. The molecule has 1 aromatic carbocycles. The molecule has 2 aromatic rings. The maximum absolute atomic E-state index is 11.7. The molecule has 7 nitrogen and oxygen atoms in total. The smallest absolute Gasteiger partial charge is 0.212 e. The van der Waals surface area contributed by atoms with Crippen LogP contribution in [-0.2, 0) is 23.0 Å². The van der Waals surface area contributed by atoms with Crippen LogP contribution in [0.15, 0.2) is 30.3 Å². The molecule has 0 saturated heterocycles. The van der Waals surface area contributed by atoms with Gasteiger partial charge in [0.2, 0.25) is 10.0 Å². The molecule has 0 aliphatic heterocycles. The van der Waals surface area contributed by atoms with Crippen LogP contribution in [0.3, 0.4) is 0 Å². The average molecular weight is 281 g/mol. The fraction of sp³-hybridized carbons (Fsp3) is 0.364. The number of nitrogens with one attached hydrogen (secondary N) is 2. The Kier molecular flexibility index (Phi) is 4.58. The monoisotopic (exact) mass is 281 g/mol. The predicted molar refractivity (Wildman–Crippen MR) is 69.6 cm³/mol. The molecule has 2 N–H and O–H groups in total. The number of H-pyrrole nitrogens is 1. The second-order valence-electron chi connectivity index (χ2n) is 4.06. The molecule has 0 atom stereocenters. The van der Waals surface area contributed by atoms with Gasteiger partial charge in [0.1, 0.15) is 0 Å². The van der Waals surface area contributed by atoms with Crippen molar-refractivity contribution in [2.24, 2.45) is 0 Å². The third kappa shape index (κ3) is 4.76. The molecule has 0 amide bonds. The van der Waals surface area contributed by atoms with Crippen LogP contribution in [0.4, 0.5) is 0 Å². The van der Waals surface area contributed by atoms with E-state index in [1.165, 1.54) is 0 Å². The lowest BCUT2D eigenvalue weighted by Gasteiger charge is -2.04. The number of hydrogen-bond acceptors (Lipinski definition) is 5. The summed E-state index contributed by atoms with van der Waals surface area (Å²) in [7, 11) is -3.30. The Morgan fingerprint density at radius 2 is 2.00 bits per heavy atom. The van der Waals surface area contributed by atoms with Gasteiger partial charge in [0.05, 0.1) is 12.3 Å². The Morgan fingerprint density at radius 3 is 2.68 bits per heavy atom. The van der Waals surface area contributed by atoms with Crippen molar-refractivity contribution in [3.63, 3.8) is 0 Å². The summed E-state index contributed by atoms with van der Waals surface area (Å²) in [5.74, 6) is 0.409. The normalized spacial score (nSPS) is 11.6. The summed E-state index contributed by atoms with van der Waals surface area (Å²) in [5.41, 5.74) is 1.14. The first-order chi connectivity index (χ1) is 9.16. The number of benzene rings is 1. The molecule has 0 aliphatic rings. The van der Waals surface area contributed by atoms with Crippen molar-refractivity contribution in [2.75, 3.05) is 5.75 Å². The van der Waals surface area contributed by atoms with Crippen molar-refractivity contribution in [2.45, 2.75) is 19.4 Å². The second kappa shape index (κ2) is 6.39. The van der Waals surface area contributed by atoms with Gasteiger partial charge in [-0.25, -0.2) is 13.1 Å².